The third-order valence-electron chi connectivity index (χ3n) is 2.11. The molecule has 1 aromatic rings. The number of benzene rings is 1. The maximum atomic E-state index is 10.8. The van der Waals surface area contributed by atoms with Gasteiger partial charge in [0.15, 0.2) is 5.75 Å². The molecule has 0 aromatic heterocycles. The number of carbonyl (C=O) groups is 1. The van der Waals surface area contributed by atoms with Crippen LogP contribution < -0.4 is 4.74 Å². The lowest BCUT2D eigenvalue weighted by molar-refractivity contribution is -0.386. The molecule has 0 aliphatic heterocycles. The molecule has 0 saturated carbocycles. The fraction of sp³-hybridized carbons (Fsp3) is 0.222. The van der Waals surface area contributed by atoms with Crippen LogP contribution in [0, 0.1) is 17.0 Å². The number of nitrogens with zero attached hydrogens (tertiary/aromatic N) is 1. The van der Waals surface area contributed by atoms with Gasteiger partial charge in [-0.15, -0.1) is 0 Å². The Morgan fingerprint density at radius 3 is 2.50 bits per heavy atom. The van der Waals surface area contributed by atoms with Crippen molar-refractivity contribution in [2.45, 2.75) is 6.92 Å². The zero-order valence-electron chi connectivity index (χ0n) is 8.55. The quantitative estimate of drug-likeness (QED) is 0.595. The van der Waals surface area contributed by atoms with E-state index in [1.54, 1.807) is 0 Å². The molecule has 16 heavy (non-hydrogen) atoms. The van der Waals surface area contributed by atoms with Crippen molar-refractivity contribution in [3.63, 3.8) is 0 Å². The van der Waals surface area contributed by atoms with Crippen LogP contribution in [0.5, 0.6) is 11.5 Å². The predicted molar refractivity (Wildman–Crippen MR) is 53.0 cm³/mol. The van der Waals surface area contributed by atoms with Gasteiger partial charge in [-0.2, -0.15) is 0 Å². The molecule has 0 saturated heterocycles. The minimum Gasteiger partial charge on any atom is -0.500 e. The third kappa shape index (κ3) is 1.74. The molecule has 0 amide bonds. The number of hydrogen-bond donors (Lipinski definition) is 2. The number of phenols is 1. The standard InChI is InChI=1S/C9H9NO6/c1-4-5(9(12)13)3-6(10(14)15)7(11)8(4)16-2/h3,11H,1-2H3,(H,12,13). The van der Waals surface area contributed by atoms with Gasteiger partial charge in [0.1, 0.15) is 0 Å². The minimum atomic E-state index is -1.32. The minimum absolute atomic E-state index is 0.137. The highest BCUT2D eigenvalue weighted by Crippen LogP contribution is 2.40. The molecule has 0 fully saturated rings. The van der Waals surface area contributed by atoms with Crippen LogP contribution in [-0.2, 0) is 0 Å². The van der Waals surface area contributed by atoms with Crippen molar-refractivity contribution in [1.29, 1.82) is 0 Å². The summed E-state index contributed by atoms with van der Waals surface area (Å²) in [6, 6.07) is 0.801. The Hall–Kier alpha value is -2.31. The second-order valence-corrected chi connectivity index (χ2v) is 3.01. The first kappa shape index (κ1) is 11.8. The van der Waals surface area contributed by atoms with E-state index < -0.39 is 22.3 Å². The van der Waals surface area contributed by atoms with E-state index in [4.69, 9.17) is 9.84 Å². The first-order chi connectivity index (χ1) is 7.40. The molecule has 0 heterocycles. The van der Waals surface area contributed by atoms with Crippen LogP contribution >= 0.6 is 0 Å². The first-order valence-corrected chi connectivity index (χ1v) is 4.18. The average molecular weight is 227 g/mol. The van der Waals surface area contributed by atoms with Crippen molar-refractivity contribution >= 4 is 11.7 Å². The first-order valence-electron chi connectivity index (χ1n) is 4.18. The van der Waals surface area contributed by atoms with Gasteiger partial charge in [0.2, 0.25) is 5.75 Å². The van der Waals surface area contributed by atoms with E-state index in [2.05, 4.69) is 0 Å². The number of hydrogen-bond acceptors (Lipinski definition) is 5. The number of aromatic hydroxyl groups is 1. The van der Waals surface area contributed by atoms with Gasteiger partial charge in [-0.3, -0.25) is 10.1 Å². The topological polar surface area (TPSA) is 110 Å². The number of aromatic carboxylic acids is 1. The van der Waals surface area contributed by atoms with Gasteiger partial charge >= 0.3 is 11.7 Å². The molecule has 0 aliphatic rings. The van der Waals surface area contributed by atoms with Gasteiger partial charge in [-0.1, -0.05) is 0 Å². The van der Waals surface area contributed by atoms with E-state index >= 15 is 0 Å². The van der Waals surface area contributed by atoms with Crippen molar-refractivity contribution in [2.75, 3.05) is 7.11 Å². The number of phenolic OH excluding ortho intramolecular Hbond substituents is 1. The van der Waals surface area contributed by atoms with E-state index in [0.717, 1.165) is 6.07 Å². The molecule has 7 nitrogen and oxygen atoms in total. The summed E-state index contributed by atoms with van der Waals surface area (Å²) in [6.45, 7) is 1.39. The number of rotatable bonds is 3. The lowest BCUT2D eigenvalue weighted by Gasteiger charge is -2.09. The van der Waals surface area contributed by atoms with E-state index in [9.17, 15) is 20.0 Å². The summed E-state index contributed by atoms with van der Waals surface area (Å²) in [4.78, 5) is 20.5. The van der Waals surface area contributed by atoms with Crippen molar-refractivity contribution < 1.29 is 24.7 Å². The fourth-order valence-corrected chi connectivity index (χ4v) is 1.34. The van der Waals surface area contributed by atoms with Crippen LogP contribution in [-0.4, -0.2) is 28.2 Å². The van der Waals surface area contributed by atoms with Crippen LogP contribution in [0.3, 0.4) is 0 Å². The van der Waals surface area contributed by atoms with Gasteiger partial charge in [0.25, 0.3) is 0 Å². The number of methoxy groups -OCH3 is 1. The Bertz CT molecular complexity index is 429. The second-order valence-electron chi connectivity index (χ2n) is 3.01. The molecular formula is C9H9NO6. The van der Waals surface area contributed by atoms with E-state index in [0.29, 0.717) is 0 Å². The molecule has 2 N–H and O–H groups in total. The highest BCUT2D eigenvalue weighted by Gasteiger charge is 2.25. The highest BCUT2D eigenvalue weighted by atomic mass is 16.6. The lowest BCUT2D eigenvalue weighted by atomic mass is 10.1. The van der Waals surface area contributed by atoms with Gasteiger partial charge in [-0.25, -0.2) is 4.79 Å². The molecule has 0 aliphatic carbocycles. The highest BCUT2D eigenvalue weighted by molar-refractivity contribution is 5.92. The average Bonchev–Trinajstić information content (AvgIpc) is 2.17. The molecule has 1 aromatic carbocycles. The summed E-state index contributed by atoms with van der Waals surface area (Å²) in [5.41, 5.74) is -0.834. The smallest absolute Gasteiger partial charge is 0.336 e. The van der Waals surface area contributed by atoms with Gasteiger partial charge in [0, 0.05) is 11.6 Å². The Morgan fingerprint density at radius 2 is 2.12 bits per heavy atom. The Kier molecular flexibility index (Phi) is 2.98. The molecule has 0 atom stereocenters. The van der Waals surface area contributed by atoms with Crippen LogP contribution in [0.4, 0.5) is 5.69 Å². The molecule has 0 radical (unpaired) electrons. The molecule has 0 bridgehead atoms. The fourth-order valence-electron chi connectivity index (χ4n) is 1.34. The normalized spacial score (nSPS) is 9.88. The summed E-state index contributed by atoms with van der Waals surface area (Å²) in [6.07, 6.45) is 0. The lowest BCUT2D eigenvalue weighted by Crippen LogP contribution is -2.04. The van der Waals surface area contributed by atoms with Crippen molar-refractivity contribution in [3.8, 4) is 11.5 Å². The maximum absolute atomic E-state index is 10.8. The van der Waals surface area contributed by atoms with Crippen LogP contribution in [0.15, 0.2) is 6.07 Å². The zero-order valence-corrected chi connectivity index (χ0v) is 8.55. The predicted octanol–water partition coefficient (Wildman–Crippen LogP) is 1.32. The van der Waals surface area contributed by atoms with Gasteiger partial charge < -0.3 is 14.9 Å². The zero-order chi connectivity index (χ0) is 12.5. The summed E-state index contributed by atoms with van der Waals surface area (Å²) >= 11 is 0. The summed E-state index contributed by atoms with van der Waals surface area (Å²) in [5.74, 6) is -2.19. The van der Waals surface area contributed by atoms with Crippen molar-refractivity contribution in [3.05, 3.63) is 27.3 Å². The van der Waals surface area contributed by atoms with Crippen LogP contribution in [0.25, 0.3) is 0 Å². The summed E-state index contributed by atoms with van der Waals surface area (Å²) in [5, 5.41) is 28.9. The monoisotopic (exact) mass is 227 g/mol. The molecule has 0 spiro atoms. The Balaban J connectivity index is 3.62. The Morgan fingerprint density at radius 1 is 1.56 bits per heavy atom. The molecule has 7 heteroatoms. The SMILES string of the molecule is COc1c(C)c(C(=O)O)cc([N+](=O)[O-])c1O. The summed E-state index contributed by atoms with van der Waals surface area (Å²) in [7, 11) is 1.19. The molecule has 0 unspecified atom stereocenters. The number of carboxylic acids is 1. The third-order valence-corrected chi connectivity index (χ3v) is 2.11. The molecule has 1 rings (SSSR count). The van der Waals surface area contributed by atoms with E-state index in [1.165, 1.54) is 14.0 Å². The van der Waals surface area contributed by atoms with Gasteiger partial charge in [0.05, 0.1) is 17.6 Å². The second kappa shape index (κ2) is 4.05. The molecule has 86 valence electrons. The summed E-state index contributed by atoms with van der Waals surface area (Å²) < 4.78 is 4.74. The molecular weight excluding hydrogens is 218 g/mol. The number of ether oxygens (including phenoxy) is 1. The number of nitro benzene ring substituents is 1. The van der Waals surface area contributed by atoms with E-state index in [-0.39, 0.29) is 16.9 Å². The maximum Gasteiger partial charge on any atom is 0.336 e. The number of nitro groups is 1. The Labute approximate surface area is 90.0 Å². The van der Waals surface area contributed by atoms with E-state index in [1.807, 2.05) is 0 Å². The van der Waals surface area contributed by atoms with Crippen molar-refractivity contribution in [1.82, 2.24) is 0 Å². The van der Waals surface area contributed by atoms with Gasteiger partial charge in [-0.05, 0) is 6.92 Å². The van der Waals surface area contributed by atoms with Crippen molar-refractivity contribution in [2.24, 2.45) is 0 Å². The number of carboxylic acid groups (broad SMARTS) is 1. The van der Waals surface area contributed by atoms with Crippen LogP contribution in [0.1, 0.15) is 15.9 Å². The van der Waals surface area contributed by atoms with Crippen LogP contribution in [0.2, 0.25) is 0 Å². The largest absolute Gasteiger partial charge is 0.500 e.